The minimum atomic E-state index is -3.20. The summed E-state index contributed by atoms with van der Waals surface area (Å²) in [7, 11) is -3.20. The molecule has 3 rings (SSSR count). The van der Waals surface area contributed by atoms with Crippen LogP contribution in [0, 0.1) is 5.92 Å². The maximum absolute atomic E-state index is 12.5. The van der Waals surface area contributed by atoms with Crippen LogP contribution in [0.1, 0.15) is 32.3 Å². The largest absolute Gasteiger partial charge is 0.326 e. The summed E-state index contributed by atoms with van der Waals surface area (Å²) < 4.78 is 24.5. The molecule has 2 heterocycles. The SMILES string of the molecule is CC1(C)C(=O)Nc2ccc(NC(=O)C3CCN(S(C)(=O)=O)CC3)cc21. The zero-order valence-electron chi connectivity index (χ0n) is 14.6. The third-order valence-corrected chi connectivity index (χ3v) is 6.37. The highest BCUT2D eigenvalue weighted by Crippen LogP contribution is 2.38. The Balaban J connectivity index is 1.67. The van der Waals surface area contributed by atoms with Gasteiger partial charge >= 0.3 is 0 Å². The lowest BCUT2D eigenvalue weighted by Gasteiger charge is -2.29. The van der Waals surface area contributed by atoms with Gasteiger partial charge in [-0.3, -0.25) is 9.59 Å². The Hall–Kier alpha value is -1.93. The number of nitrogens with one attached hydrogen (secondary N) is 2. The van der Waals surface area contributed by atoms with E-state index in [9.17, 15) is 18.0 Å². The Labute approximate surface area is 147 Å². The first kappa shape index (κ1) is 17.9. The highest BCUT2D eigenvalue weighted by molar-refractivity contribution is 7.88. The Kier molecular flexibility index (Phi) is 4.36. The van der Waals surface area contributed by atoms with Gasteiger partial charge in [0, 0.05) is 30.4 Å². The highest BCUT2D eigenvalue weighted by atomic mass is 32.2. The molecule has 0 saturated carbocycles. The topological polar surface area (TPSA) is 95.6 Å². The minimum absolute atomic E-state index is 0.0564. The van der Waals surface area contributed by atoms with Crippen LogP contribution in [-0.2, 0) is 25.0 Å². The maximum atomic E-state index is 12.5. The molecule has 0 spiro atoms. The van der Waals surface area contributed by atoms with Crippen molar-refractivity contribution < 1.29 is 18.0 Å². The number of benzene rings is 1. The molecule has 0 bridgehead atoms. The molecular weight excluding hydrogens is 342 g/mol. The number of rotatable bonds is 3. The van der Waals surface area contributed by atoms with Crippen molar-refractivity contribution in [3.05, 3.63) is 23.8 Å². The van der Waals surface area contributed by atoms with Crippen LogP contribution in [0.3, 0.4) is 0 Å². The molecule has 7 nitrogen and oxygen atoms in total. The zero-order valence-corrected chi connectivity index (χ0v) is 15.4. The Bertz CT molecular complexity index is 824. The van der Waals surface area contributed by atoms with Crippen molar-refractivity contribution in [2.75, 3.05) is 30.0 Å². The van der Waals surface area contributed by atoms with Crippen molar-refractivity contribution in [3.8, 4) is 0 Å². The van der Waals surface area contributed by atoms with E-state index >= 15 is 0 Å². The number of hydrogen-bond acceptors (Lipinski definition) is 4. The van der Waals surface area contributed by atoms with Gasteiger partial charge < -0.3 is 10.6 Å². The van der Waals surface area contributed by atoms with Gasteiger partial charge in [-0.25, -0.2) is 12.7 Å². The molecule has 0 atom stereocenters. The van der Waals surface area contributed by atoms with E-state index in [4.69, 9.17) is 0 Å². The van der Waals surface area contributed by atoms with Gasteiger partial charge in [0.2, 0.25) is 21.8 Å². The average Bonchev–Trinajstić information content (AvgIpc) is 2.77. The first-order valence-electron chi connectivity index (χ1n) is 8.31. The molecule has 0 radical (unpaired) electrons. The summed E-state index contributed by atoms with van der Waals surface area (Å²) in [6.07, 6.45) is 2.21. The number of sulfonamides is 1. The van der Waals surface area contributed by atoms with E-state index in [-0.39, 0.29) is 17.7 Å². The van der Waals surface area contributed by atoms with E-state index < -0.39 is 15.4 Å². The first-order chi connectivity index (χ1) is 11.6. The maximum Gasteiger partial charge on any atom is 0.234 e. The summed E-state index contributed by atoms with van der Waals surface area (Å²) in [4.78, 5) is 24.5. The van der Waals surface area contributed by atoms with E-state index in [0.717, 1.165) is 11.3 Å². The van der Waals surface area contributed by atoms with Crippen LogP contribution in [0.5, 0.6) is 0 Å². The van der Waals surface area contributed by atoms with Crippen molar-refractivity contribution >= 4 is 33.2 Å². The number of hydrogen-bond donors (Lipinski definition) is 2. The van der Waals surface area contributed by atoms with Crippen molar-refractivity contribution in [1.29, 1.82) is 0 Å². The van der Waals surface area contributed by atoms with E-state index in [2.05, 4.69) is 10.6 Å². The van der Waals surface area contributed by atoms with E-state index in [1.54, 1.807) is 12.1 Å². The molecule has 2 aliphatic heterocycles. The summed E-state index contributed by atoms with van der Waals surface area (Å²) in [5.41, 5.74) is 1.66. The van der Waals surface area contributed by atoms with Crippen molar-refractivity contribution in [3.63, 3.8) is 0 Å². The molecule has 2 aliphatic rings. The van der Waals surface area contributed by atoms with Gasteiger partial charge in [-0.05, 0) is 50.5 Å². The van der Waals surface area contributed by atoms with Crippen LogP contribution in [0.2, 0.25) is 0 Å². The Morgan fingerprint density at radius 1 is 1.28 bits per heavy atom. The molecule has 2 N–H and O–H groups in total. The third-order valence-electron chi connectivity index (χ3n) is 5.07. The zero-order chi connectivity index (χ0) is 18.4. The Morgan fingerprint density at radius 2 is 1.92 bits per heavy atom. The third kappa shape index (κ3) is 3.41. The van der Waals surface area contributed by atoms with Crippen LogP contribution in [-0.4, -0.2) is 43.9 Å². The Morgan fingerprint density at radius 3 is 2.52 bits per heavy atom. The second kappa shape index (κ2) is 6.10. The fourth-order valence-electron chi connectivity index (χ4n) is 3.34. The van der Waals surface area contributed by atoms with Crippen LogP contribution < -0.4 is 10.6 Å². The van der Waals surface area contributed by atoms with Gasteiger partial charge in [-0.1, -0.05) is 0 Å². The number of piperidine rings is 1. The smallest absolute Gasteiger partial charge is 0.234 e. The van der Waals surface area contributed by atoms with Gasteiger partial charge in [0.1, 0.15) is 0 Å². The molecule has 1 aromatic carbocycles. The predicted octanol–water partition coefficient (Wildman–Crippen LogP) is 1.53. The second-order valence-electron chi connectivity index (χ2n) is 7.27. The number of nitrogens with zero attached hydrogens (tertiary/aromatic N) is 1. The summed E-state index contributed by atoms with van der Waals surface area (Å²) in [5, 5.41) is 5.74. The predicted molar refractivity (Wildman–Crippen MR) is 95.9 cm³/mol. The molecular formula is C17H23N3O4S. The van der Waals surface area contributed by atoms with Gasteiger partial charge in [0.15, 0.2) is 0 Å². The van der Waals surface area contributed by atoms with Crippen LogP contribution in [0.4, 0.5) is 11.4 Å². The molecule has 0 aliphatic carbocycles. The molecule has 1 saturated heterocycles. The molecule has 1 aromatic rings. The number of carbonyl (C=O) groups is 2. The van der Waals surface area contributed by atoms with Crippen molar-refractivity contribution in [2.24, 2.45) is 5.92 Å². The summed E-state index contributed by atoms with van der Waals surface area (Å²) in [5.74, 6) is -0.374. The van der Waals surface area contributed by atoms with E-state index in [1.165, 1.54) is 10.6 Å². The van der Waals surface area contributed by atoms with Gasteiger partial charge in [-0.15, -0.1) is 0 Å². The molecule has 25 heavy (non-hydrogen) atoms. The summed E-state index contributed by atoms with van der Waals surface area (Å²) in [6.45, 7) is 4.43. The molecule has 8 heteroatoms. The minimum Gasteiger partial charge on any atom is -0.326 e. The van der Waals surface area contributed by atoms with E-state index in [1.807, 2.05) is 19.9 Å². The van der Waals surface area contributed by atoms with Gasteiger partial charge in [-0.2, -0.15) is 0 Å². The van der Waals surface area contributed by atoms with Gasteiger partial charge in [0.05, 0.1) is 11.7 Å². The number of fused-ring (bicyclic) bond motifs is 1. The number of carbonyl (C=O) groups excluding carboxylic acids is 2. The fourth-order valence-corrected chi connectivity index (χ4v) is 4.22. The average molecular weight is 365 g/mol. The van der Waals surface area contributed by atoms with Crippen LogP contribution >= 0.6 is 0 Å². The van der Waals surface area contributed by atoms with E-state index in [0.29, 0.717) is 31.6 Å². The van der Waals surface area contributed by atoms with Crippen LogP contribution in [0.15, 0.2) is 18.2 Å². The lowest BCUT2D eigenvalue weighted by Crippen LogP contribution is -2.40. The monoisotopic (exact) mass is 365 g/mol. The fraction of sp³-hybridized carbons (Fsp3) is 0.529. The summed E-state index contributed by atoms with van der Waals surface area (Å²) >= 11 is 0. The number of anilines is 2. The standard InChI is InChI=1S/C17H23N3O4S/c1-17(2)13-10-12(4-5-14(13)19-16(17)22)18-15(21)11-6-8-20(9-7-11)25(3,23)24/h4-5,10-11H,6-9H2,1-3H3,(H,18,21)(H,19,22). The summed E-state index contributed by atoms with van der Waals surface area (Å²) in [6, 6.07) is 5.39. The lowest BCUT2D eigenvalue weighted by molar-refractivity contribution is -0.121. The van der Waals surface area contributed by atoms with Gasteiger partial charge in [0.25, 0.3) is 0 Å². The first-order valence-corrected chi connectivity index (χ1v) is 10.2. The van der Waals surface area contributed by atoms with Crippen molar-refractivity contribution in [1.82, 2.24) is 4.31 Å². The second-order valence-corrected chi connectivity index (χ2v) is 9.25. The normalized spacial score (nSPS) is 20.8. The molecule has 1 fully saturated rings. The number of amides is 2. The highest BCUT2D eigenvalue weighted by Gasteiger charge is 2.38. The molecule has 2 amide bonds. The molecule has 136 valence electrons. The quantitative estimate of drug-likeness (QED) is 0.849. The van der Waals surface area contributed by atoms with Crippen LogP contribution in [0.25, 0.3) is 0 Å². The molecule has 0 unspecified atom stereocenters. The molecule has 0 aromatic heterocycles. The van der Waals surface area contributed by atoms with Crippen molar-refractivity contribution in [2.45, 2.75) is 32.1 Å². The lowest BCUT2D eigenvalue weighted by atomic mass is 9.86.